The first kappa shape index (κ1) is 21.7. The van der Waals surface area contributed by atoms with Gasteiger partial charge in [0.25, 0.3) is 11.8 Å². The van der Waals surface area contributed by atoms with Crippen LogP contribution >= 0.6 is 0 Å². The van der Waals surface area contributed by atoms with Crippen LogP contribution in [0.15, 0.2) is 97.3 Å². The summed E-state index contributed by atoms with van der Waals surface area (Å²) in [5.74, 6) is -0.579. The van der Waals surface area contributed by atoms with E-state index in [9.17, 15) is 14.0 Å². The molecule has 3 aromatic carbocycles. The van der Waals surface area contributed by atoms with Gasteiger partial charge < -0.3 is 15.4 Å². The molecule has 1 aromatic heterocycles. The zero-order valence-corrected chi connectivity index (χ0v) is 17.5. The predicted molar refractivity (Wildman–Crippen MR) is 124 cm³/mol. The number of halogens is 1. The second kappa shape index (κ2) is 10.2. The monoisotopic (exact) mass is 441 g/mol. The van der Waals surface area contributed by atoms with Gasteiger partial charge in [-0.15, -0.1) is 0 Å². The van der Waals surface area contributed by atoms with Crippen molar-refractivity contribution in [1.82, 2.24) is 4.98 Å². The minimum Gasteiger partial charge on any atom is -0.489 e. The Morgan fingerprint density at radius 3 is 2.24 bits per heavy atom. The molecule has 2 N–H and O–H groups in total. The van der Waals surface area contributed by atoms with E-state index in [1.165, 1.54) is 18.3 Å². The molecule has 0 saturated heterocycles. The van der Waals surface area contributed by atoms with Crippen LogP contribution in [0, 0.1) is 5.82 Å². The number of hydrogen-bond donors (Lipinski definition) is 2. The average molecular weight is 441 g/mol. The summed E-state index contributed by atoms with van der Waals surface area (Å²) >= 11 is 0. The second-order valence-electron chi connectivity index (χ2n) is 7.18. The van der Waals surface area contributed by atoms with E-state index in [-0.39, 0.29) is 24.2 Å². The number of rotatable bonds is 7. The van der Waals surface area contributed by atoms with Crippen LogP contribution in [0.2, 0.25) is 0 Å². The highest BCUT2D eigenvalue weighted by Gasteiger charge is 2.10. The first-order valence-electron chi connectivity index (χ1n) is 10.2. The topological polar surface area (TPSA) is 80.3 Å². The van der Waals surface area contributed by atoms with E-state index < -0.39 is 0 Å². The number of hydrogen-bond acceptors (Lipinski definition) is 4. The van der Waals surface area contributed by atoms with Crippen molar-refractivity contribution >= 4 is 23.2 Å². The summed E-state index contributed by atoms with van der Waals surface area (Å²) in [5, 5.41) is 5.60. The summed E-state index contributed by atoms with van der Waals surface area (Å²) < 4.78 is 18.9. The number of carbonyl (C=O) groups is 2. The Morgan fingerprint density at radius 2 is 1.48 bits per heavy atom. The van der Waals surface area contributed by atoms with E-state index in [1.807, 2.05) is 6.07 Å². The lowest BCUT2D eigenvalue weighted by Gasteiger charge is -2.10. The first-order valence-corrected chi connectivity index (χ1v) is 10.2. The van der Waals surface area contributed by atoms with E-state index in [0.29, 0.717) is 28.3 Å². The van der Waals surface area contributed by atoms with Crippen molar-refractivity contribution in [3.8, 4) is 5.75 Å². The number of aromatic nitrogens is 1. The SMILES string of the molecule is O=C(Nc1cccc(C(=O)Nc2cccc(COc3cccc(F)c3)c2)c1)c1cccnc1. The summed E-state index contributed by atoms with van der Waals surface area (Å²) in [6.45, 7) is 0.225. The van der Waals surface area contributed by atoms with Crippen LogP contribution in [0.5, 0.6) is 5.75 Å². The van der Waals surface area contributed by atoms with Gasteiger partial charge in [-0.3, -0.25) is 14.6 Å². The summed E-state index contributed by atoms with van der Waals surface area (Å²) in [6.07, 6.45) is 3.06. The lowest BCUT2D eigenvalue weighted by molar-refractivity contribution is 0.101. The minimum absolute atomic E-state index is 0.225. The lowest BCUT2D eigenvalue weighted by Crippen LogP contribution is -2.15. The maximum atomic E-state index is 13.3. The zero-order valence-electron chi connectivity index (χ0n) is 17.5. The molecule has 0 spiro atoms. The smallest absolute Gasteiger partial charge is 0.257 e. The van der Waals surface area contributed by atoms with Gasteiger partial charge in [0.2, 0.25) is 0 Å². The molecule has 0 aliphatic heterocycles. The predicted octanol–water partition coefficient (Wildman–Crippen LogP) is 5.30. The standard InChI is InChI=1S/C26H20FN3O3/c27-21-8-3-11-24(15-21)33-17-18-5-1-9-22(13-18)29-25(31)19-6-2-10-23(14-19)30-26(32)20-7-4-12-28-16-20/h1-16H,17H2,(H,29,31)(H,30,32). The number of benzene rings is 3. The highest BCUT2D eigenvalue weighted by Crippen LogP contribution is 2.18. The minimum atomic E-state index is -0.368. The molecule has 1 heterocycles. The van der Waals surface area contributed by atoms with Gasteiger partial charge in [0, 0.05) is 35.4 Å². The zero-order chi connectivity index (χ0) is 23.0. The second-order valence-corrected chi connectivity index (χ2v) is 7.18. The number of nitrogens with one attached hydrogen (secondary N) is 2. The Labute approximate surface area is 190 Å². The van der Waals surface area contributed by atoms with Crippen LogP contribution in [0.3, 0.4) is 0 Å². The molecule has 0 saturated carbocycles. The molecule has 0 atom stereocenters. The van der Waals surface area contributed by atoms with E-state index in [4.69, 9.17) is 4.74 Å². The Morgan fingerprint density at radius 1 is 0.788 bits per heavy atom. The molecule has 2 amide bonds. The van der Waals surface area contributed by atoms with Gasteiger partial charge in [0.15, 0.2) is 0 Å². The number of ether oxygens (including phenoxy) is 1. The molecule has 4 aromatic rings. The van der Waals surface area contributed by atoms with Gasteiger partial charge in [-0.25, -0.2) is 4.39 Å². The Kier molecular flexibility index (Phi) is 6.70. The van der Waals surface area contributed by atoms with Crippen LogP contribution in [-0.2, 0) is 6.61 Å². The van der Waals surface area contributed by atoms with Crippen molar-refractivity contribution in [2.45, 2.75) is 6.61 Å². The average Bonchev–Trinajstić information content (AvgIpc) is 2.84. The Bertz CT molecular complexity index is 1280. The summed E-state index contributed by atoms with van der Waals surface area (Å²) in [5.41, 5.74) is 2.71. The fraction of sp³-hybridized carbons (Fsp3) is 0.0385. The van der Waals surface area contributed by atoms with Crippen molar-refractivity contribution in [2.24, 2.45) is 0 Å². The summed E-state index contributed by atoms with van der Waals surface area (Å²) in [6, 6.07) is 23.1. The molecule has 0 unspecified atom stereocenters. The molecule has 0 bridgehead atoms. The van der Waals surface area contributed by atoms with Crippen LogP contribution in [-0.4, -0.2) is 16.8 Å². The van der Waals surface area contributed by atoms with Gasteiger partial charge in [-0.1, -0.05) is 24.3 Å². The van der Waals surface area contributed by atoms with Gasteiger partial charge in [0.1, 0.15) is 18.2 Å². The molecular weight excluding hydrogens is 421 g/mol. The molecule has 6 nitrogen and oxygen atoms in total. The normalized spacial score (nSPS) is 10.3. The Hall–Kier alpha value is -4.52. The number of nitrogens with zero attached hydrogens (tertiary/aromatic N) is 1. The van der Waals surface area contributed by atoms with Crippen LogP contribution in [0.25, 0.3) is 0 Å². The third-order valence-electron chi connectivity index (χ3n) is 4.69. The van der Waals surface area contributed by atoms with E-state index in [2.05, 4.69) is 15.6 Å². The number of pyridine rings is 1. The molecule has 0 radical (unpaired) electrons. The van der Waals surface area contributed by atoms with E-state index in [0.717, 1.165) is 5.56 Å². The molecule has 0 aliphatic carbocycles. The molecule has 7 heteroatoms. The van der Waals surface area contributed by atoms with Crippen molar-refractivity contribution in [3.63, 3.8) is 0 Å². The van der Waals surface area contributed by atoms with Crippen LogP contribution in [0.1, 0.15) is 26.3 Å². The van der Waals surface area contributed by atoms with Crippen molar-refractivity contribution in [2.75, 3.05) is 10.6 Å². The van der Waals surface area contributed by atoms with Gasteiger partial charge in [0.05, 0.1) is 5.56 Å². The van der Waals surface area contributed by atoms with Gasteiger partial charge in [-0.2, -0.15) is 0 Å². The maximum absolute atomic E-state index is 13.3. The summed E-state index contributed by atoms with van der Waals surface area (Å²) in [4.78, 5) is 29.0. The third kappa shape index (κ3) is 6.01. The first-order chi connectivity index (χ1) is 16.1. The molecule has 0 aliphatic rings. The molecule has 4 rings (SSSR count). The summed E-state index contributed by atoms with van der Waals surface area (Å²) in [7, 11) is 0. The van der Waals surface area contributed by atoms with E-state index >= 15 is 0 Å². The van der Waals surface area contributed by atoms with Gasteiger partial charge >= 0.3 is 0 Å². The highest BCUT2D eigenvalue weighted by atomic mass is 19.1. The van der Waals surface area contributed by atoms with Gasteiger partial charge in [-0.05, 0) is 60.2 Å². The fourth-order valence-corrected chi connectivity index (χ4v) is 3.10. The van der Waals surface area contributed by atoms with Crippen LogP contribution in [0.4, 0.5) is 15.8 Å². The quantitative estimate of drug-likeness (QED) is 0.408. The van der Waals surface area contributed by atoms with Crippen molar-refractivity contribution in [3.05, 3.63) is 120 Å². The van der Waals surface area contributed by atoms with Crippen molar-refractivity contribution in [1.29, 1.82) is 0 Å². The molecule has 33 heavy (non-hydrogen) atoms. The number of anilines is 2. The van der Waals surface area contributed by atoms with E-state index in [1.54, 1.807) is 72.9 Å². The Balaban J connectivity index is 1.39. The van der Waals surface area contributed by atoms with Crippen molar-refractivity contribution < 1.29 is 18.7 Å². The number of carbonyl (C=O) groups excluding carboxylic acids is 2. The fourth-order valence-electron chi connectivity index (χ4n) is 3.10. The number of amides is 2. The van der Waals surface area contributed by atoms with Crippen LogP contribution < -0.4 is 15.4 Å². The largest absolute Gasteiger partial charge is 0.489 e. The lowest BCUT2D eigenvalue weighted by atomic mass is 10.1. The highest BCUT2D eigenvalue weighted by molar-refractivity contribution is 6.07. The molecule has 0 fully saturated rings. The third-order valence-corrected chi connectivity index (χ3v) is 4.69. The molecule has 164 valence electrons. The molecular formula is C26H20FN3O3. The maximum Gasteiger partial charge on any atom is 0.257 e.